The molecule has 0 heterocycles. The van der Waals surface area contributed by atoms with E-state index in [0.717, 1.165) is 34.1 Å². The number of nitrogen functional groups attached to an aromatic ring is 1. The summed E-state index contributed by atoms with van der Waals surface area (Å²) in [5.74, 6) is 3.39. The molecule has 0 aromatic heterocycles. The van der Waals surface area contributed by atoms with Gasteiger partial charge in [0.05, 0.1) is 25.5 Å². The van der Waals surface area contributed by atoms with Gasteiger partial charge in [0, 0.05) is 40.7 Å². The van der Waals surface area contributed by atoms with Crippen LogP contribution >= 0.6 is 0 Å². The maximum atomic E-state index is 12.5. The molecule has 67 heavy (non-hydrogen) atoms. The molecule has 12 nitrogen and oxygen atoms in total. The Bertz CT molecular complexity index is 2910. The third-order valence-electron chi connectivity index (χ3n) is 9.78. The number of ether oxygens (including phenoxy) is 5. The average molecular weight is 896 g/mol. The third kappa shape index (κ3) is 14.2. The Balaban J connectivity index is 0.000000172. The quantitative estimate of drug-likeness (QED) is 0.0818. The van der Waals surface area contributed by atoms with Crippen LogP contribution in [0.3, 0.4) is 0 Å². The zero-order chi connectivity index (χ0) is 47.5. The van der Waals surface area contributed by atoms with Gasteiger partial charge in [-0.25, -0.2) is 4.79 Å². The van der Waals surface area contributed by atoms with E-state index in [0.29, 0.717) is 45.6 Å². The molecule has 0 aliphatic carbocycles. The van der Waals surface area contributed by atoms with Crippen molar-refractivity contribution in [2.45, 2.75) is 13.8 Å². The van der Waals surface area contributed by atoms with Crippen LogP contribution < -0.4 is 40.1 Å². The number of hydrogen-bond donors (Lipinski definition) is 4. The summed E-state index contributed by atoms with van der Waals surface area (Å²) < 4.78 is 27.4. The lowest BCUT2D eigenvalue weighted by atomic mass is 10.1. The summed E-state index contributed by atoms with van der Waals surface area (Å²) in [7, 11) is 3.08. The van der Waals surface area contributed by atoms with E-state index in [1.54, 1.807) is 67.8 Å². The predicted molar refractivity (Wildman–Crippen MR) is 262 cm³/mol. The van der Waals surface area contributed by atoms with E-state index in [1.807, 2.05) is 129 Å². The lowest BCUT2D eigenvalue weighted by Gasteiger charge is -2.12. The predicted octanol–water partition coefficient (Wildman–Crippen LogP) is 12.9. The molecule has 0 aliphatic heterocycles. The monoisotopic (exact) mass is 895 g/mol. The molecule has 0 unspecified atom stereocenters. The number of benzene rings is 8. The molecule has 0 radical (unpaired) electrons. The van der Waals surface area contributed by atoms with Crippen molar-refractivity contribution in [2.75, 3.05) is 30.6 Å². The maximum Gasteiger partial charge on any atom is 0.337 e. The van der Waals surface area contributed by atoms with Gasteiger partial charge in [0.15, 0.2) is 0 Å². The Labute approximate surface area is 389 Å². The summed E-state index contributed by atoms with van der Waals surface area (Å²) in [5.41, 5.74) is 10.3. The molecule has 12 heteroatoms. The largest absolute Gasteiger partial charge is 0.497 e. The highest BCUT2D eigenvalue weighted by molar-refractivity contribution is 6.08. The molecule has 8 aromatic carbocycles. The van der Waals surface area contributed by atoms with E-state index in [1.165, 1.54) is 25.3 Å². The third-order valence-corrected chi connectivity index (χ3v) is 9.78. The number of nitrogens with two attached hydrogens (primary N) is 1. The molecule has 0 fully saturated rings. The second-order valence-electron chi connectivity index (χ2n) is 14.6. The number of carbonyl (C=O) groups excluding carboxylic acids is 2. The van der Waals surface area contributed by atoms with Crippen molar-refractivity contribution in [3.63, 3.8) is 0 Å². The molecule has 8 rings (SSSR count). The van der Waals surface area contributed by atoms with Crippen molar-refractivity contribution < 1.29 is 43.2 Å². The standard InChI is InChI=1S/C21H17NO5.C21H19NO3.C13H13NO/c1-26-16-9-5-6-14(12-16)20(23)22-19-13-17(10-11-18(19)21(24)25)27-15-7-3-2-4-8-15;1-15-11-12-19(25-17-8-4-3-5-9-17)14-20(15)22-21(23)16-7-6-10-18(13-16)24-2;1-10-7-8-12(9-13(10)14)15-11-5-3-2-4-6-11/h2-13H,1H3,(H,22,23)(H,24,25);3-14H,1-2H3,(H,22,23);2-9H,14H2,1H3. The second-order valence-corrected chi connectivity index (χ2v) is 14.6. The number of carboxylic acid groups (broad SMARTS) is 1. The van der Waals surface area contributed by atoms with Gasteiger partial charge in [0.1, 0.15) is 46.0 Å². The second kappa shape index (κ2) is 23.6. The van der Waals surface area contributed by atoms with Crippen molar-refractivity contribution in [3.05, 3.63) is 222 Å². The van der Waals surface area contributed by atoms with Gasteiger partial charge in [-0.15, -0.1) is 0 Å². The van der Waals surface area contributed by atoms with Gasteiger partial charge in [-0.1, -0.05) is 78.9 Å². The molecular formula is C55H49N3O9. The first kappa shape index (κ1) is 47.4. The fraction of sp³-hybridized carbons (Fsp3) is 0.0727. The number of amides is 2. The summed E-state index contributed by atoms with van der Waals surface area (Å²) in [6.07, 6.45) is 0. The molecule has 338 valence electrons. The van der Waals surface area contributed by atoms with E-state index >= 15 is 0 Å². The zero-order valence-electron chi connectivity index (χ0n) is 37.3. The molecular weight excluding hydrogens is 847 g/mol. The summed E-state index contributed by atoms with van der Waals surface area (Å²) >= 11 is 0. The molecule has 0 saturated heterocycles. The fourth-order valence-corrected chi connectivity index (χ4v) is 6.15. The Kier molecular flexibility index (Phi) is 16.7. The molecule has 0 bridgehead atoms. The van der Waals surface area contributed by atoms with Crippen LogP contribution in [-0.2, 0) is 0 Å². The Morgan fingerprint density at radius 2 is 0.806 bits per heavy atom. The van der Waals surface area contributed by atoms with Crippen LogP contribution in [0.15, 0.2) is 194 Å². The number of carbonyl (C=O) groups is 3. The number of rotatable bonds is 13. The Morgan fingerprint density at radius 3 is 1.24 bits per heavy atom. The molecule has 0 aliphatic rings. The van der Waals surface area contributed by atoms with Crippen molar-refractivity contribution in [3.8, 4) is 46.0 Å². The van der Waals surface area contributed by atoms with E-state index < -0.39 is 11.9 Å². The number of para-hydroxylation sites is 3. The molecule has 0 spiro atoms. The fourth-order valence-electron chi connectivity index (χ4n) is 6.15. The van der Waals surface area contributed by atoms with Gasteiger partial charge < -0.3 is 45.2 Å². The normalized spacial score (nSPS) is 10.1. The number of aryl methyl sites for hydroxylation is 2. The highest BCUT2D eigenvalue weighted by atomic mass is 16.5. The Hall–Kier alpha value is -9.03. The van der Waals surface area contributed by atoms with Crippen LogP contribution in [0.5, 0.6) is 46.0 Å². The lowest BCUT2D eigenvalue weighted by molar-refractivity contribution is 0.0697. The minimum absolute atomic E-state index is 0.0355. The number of nitrogens with one attached hydrogen (secondary N) is 2. The van der Waals surface area contributed by atoms with Crippen LogP contribution in [0.1, 0.15) is 42.2 Å². The number of hydrogen-bond acceptors (Lipinski definition) is 9. The van der Waals surface area contributed by atoms with Crippen molar-refractivity contribution in [1.29, 1.82) is 0 Å². The first-order valence-electron chi connectivity index (χ1n) is 20.9. The first-order chi connectivity index (χ1) is 32.5. The SMILES string of the molecule is COc1cccc(C(=O)Nc2cc(Oc3ccccc3)ccc2C(=O)O)c1.COc1cccc(C(=O)Nc2cc(Oc3ccccc3)ccc2C)c1.Cc1ccc(Oc2ccccc2)cc1N. The van der Waals surface area contributed by atoms with Gasteiger partial charge in [0.25, 0.3) is 11.8 Å². The van der Waals surface area contributed by atoms with Crippen molar-refractivity contribution >= 4 is 34.8 Å². The number of methoxy groups -OCH3 is 2. The maximum absolute atomic E-state index is 12.5. The molecule has 2 amide bonds. The van der Waals surface area contributed by atoms with E-state index in [9.17, 15) is 19.5 Å². The van der Waals surface area contributed by atoms with Crippen molar-refractivity contribution in [2.24, 2.45) is 0 Å². The lowest BCUT2D eigenvalue weighted by Crippen LogP contribution is -2.15. The number of aromatic carboxylic acids is 1. The van der Waals surface area contributed by atoms with Crippen LogP contribution in [-0.4, -0.2) is 37.1 Å². The minimum atomic E-state index is -1.15. The number of carboxylic acids is 1. The van der Waals surface area contributed by atoms with E-state index in [4.69, 9.17) is 29.4 Å². The highest BCUT2D eigenvalue weighted by Gasteiger charge is 2.16. The van der Waals surface area contributed by atoms with Crippen molar-refractivity contribution in [1.82, 2.24) is 0 Å². The number of anilines is 3. The van der Waals surface area contributed by atoms with Crippen LogP contribution in [0.4, 0.5) is 17.1 Å². The van der Waals surface area contributed by atoms with Crippen LogP contribution in [0.25, 0.3) is 0 Å². The van der Waals surface area contributed by atoms with E-state index in [2.05, 4.69) is 10.6 Å². The van der Waals surface area contributed by atoms with Gasteiger partial charge in [0.2, 0.25) is 0 Å². The molecule has 5 N–H and O–H groups in total. The summed E-state index contributed by atoms with van der Waals surface area (Å²) in [6.45, 7) is 3.91. The van der Waals surface area contributed by atoms with Gasteiger partial charge >= 0.3 is 5.97 Å². The van der Waals surface area contributed by atoms with Gasteiger partial charge in [-0.05, 0) is 122 Å². The van der Waals surface area contributed by atoms with E-state index in [-0.39, 0.29) is 17.2 Å². The summed E-state index contributed by atoms with van der Waals surface area (Å²) in [6, 6.07) is 57.6. The highest BCUT2D eigenvalue weighted by Crippen LogP contribution is 2.30. The van der Waals surface area contributed by atoms with Gasteiger partial charge in [-0.3, -0.25) is 9.59 Å². The zero-order valence-corrected chi connectivity index (χ0v) is 37.3. The Morgan fingerprint density at radius 1 is 0.418 bits per heavy atom. The summed E-state index contributed by atoms with van der Waals surface area (Å²) in [4.78, 5) is 36.5. The summed E-state index contributed by atoms with van der Waals surface area (Å²) in [5, 5.41) is 15.0. The van der Waals surface area contributed by atoms with Crippen LogP contribution in [0, 0.1) is 13.8 Å². The van der Waals surface area contributed by atoms with Gasteiger partial charge in [-0.2, -0.15) is 0 Å². The smallest absolute Gasteiger partial charge is 0.337 e. The first-order valence-corrected chi connectivity index (χ1v) is 20.9. The minimum Gasteiger partial charge on any atom is -0.497 e. The molecule has 8 aromatic rings. The molecule has 0 atom stereocenters. The van der Waals surface area contributed by atoms with Crippen LogP contribution in [0.2, 0.25) is 0 Å². The molecule has 0 saturated carbocycles. The topological polar surface area (TPSA) is 168 Å². The average Bonchev–Trinajstić information content (AvgIpc) is 3.35.